The molecule has 0 radical (unpaired) electrons. The maximum absolute atomic E-state index is 12.6. The predicted molar refractivity (Wildman–Crippen MR) is 104 cm³/mol. The molecule has 0 aliphatic rings. The average molecular weight is 375 g/mol. The topological polar surface area (TPSA) is 72.9 Å². The number of hydrogen-bond acceptors (Lipinski definition) is 3. The van der Waals surface area contributed by atoms with E-state index in [0.29, 0.717) is 6.54 Å². The largest absolute Gasteiger partial charge is 0.346 e. The molecule has 7 heteroatoms. The summed E-state index contributed by atoms with van der Waals surface area (Å²) in [6.07, 6.45) is 1.47. The quantitative estimate of drug-likeness (QED) is 0.813. The number of nitrogens with one attached hydrogen (secondary N) is 1. The Morgan fingerprint density at radius 1 is 1.29 bits per heavy atom. The Morgan fingerprint density at radius 3 is 2.38 bits per heavy atom. The van der Waals surface area contributed by atoms with Crippen molar-refractivity contribution in [3.8, 4) is 0 Å². The standard InChI is InChI=1S/C17H26N4O.2ClH/c1-5-17(6-2,11-18)16(22)19-12(3)15-20-13-9-7-8-10-14(13)21(15)4;;/h7-10,12H,5-6,11,18H2,1-4H3,(H,19,22);2*1H. The number of hydrogen-bond donors (Lipinski definition) is 2. The van der Waals surface area contributed by atoms with Gasteiger partial charge in [-0.3, -0.25) is 4.79 Å². The van der Waals surface area contributed by atoms with E-state index in [1.54, 1.807) is 0 Å². The number of imidazole rings is 1. The van der Waals surface area contributed by atoms with Crippen LogP contribution in [0.5, 0.6) is 0 Å². The van der Waals surface area contributed by atoms with E-state index >= 15 is 0 Å². The number of nitrogens with two attached hydrogens (primary N) is 1. The van der Waals surface area contributed by atoms with Crippen LogP contribution in [-0.4, -0.2) is 22.0 Å². The molecule has 2 aromatic rings. The summed E-state index contributed by atoms with van der Waals surface area (Å²) in [5.41, 5.74) is 7.37. The molecule has 1 amide bonds. The maximum atomic E-state index is 12.6. The van der Waals surface area contributed by atoms with Crippen LogP contribution in [0, 0.1) is 5.41 Å². The first-order chi connectivity index (χ1) is 10.5. The van der Waals surface area contributed by atoms with Gasteiger partial charge in [-0.2, -0.15) is 0 Å². The van der Waals surface area contributed by atoms with Gasteiger partial charge in [-0.25, -0.2) is 4.98 Å². The van der Waals surface area contributed by atoms with Gasteiger partial charge in [-0.1, -0.05) is 26.0 Å². The van der Waals surface area contributed by atoms with Gasteiger partial charge in [0.2, 0.25) is 5.91 Å². The first-order valence-electron chi connectivity index (χ1n) is 7.91. The van der Waals surface area contributed by atoms with E-state index < -0.39 is 5.41 Å². The smallest absolute Gasteiger partial charge is 0.228 e. The molecule has 0 aliphatic heterocycles. The lowest BCUT2D eigenvalue weighted by Crippen LogP contribution is -2.46. The van der Waals surface area contributed by atoms with Crippen LogP contribution in [-0.2, 0) is 11.8 Å². The Morgan fingerprint density at radius 2 is 1.88 bits per heavy atom. The maximum Gasteiger partial charge on any atom is 0.228 e. The molecule has 0 aliphatic carbocycles. The zero-order valence-corrected chi connectivity index (χ0v) is 16.3. The first-order valence-corrected chi connectivity index (χ1v) is 7.91. The van der Waals surface area contributed by atoms with Crippen molar-refractivity contribution in [2.45, 2.75) is 39.7 Å². The van der Waals surface area contributed by atoms with Crippen LogP contribution in [0.3, 0.4) is 0 Å². The SMILES string of the molecule is CCC(CC)(CN)C(=O)NC(C)c1nc2ccccc2n1C.Cl.Cl. The number of carbonyl (C=O) groups excluding carboxylic acids is 1. The van der Waals surface area contributed by atoms with Crippen LogP contribution in [0.4, 0.5) is 0 Å². The highest BCUT2D eigenvalue weighted by atomic mass is 35.5. The third kappa shape index (κ3) is 4.02. The van der Waals surface area contributed by atoms with Crippen molar-refractivity contribution in [3.05, 3.63) is 30.1 Å². The number of aromatic nitrogens is 2. The molecular formula is C17H28Cl2N4O. The fourth-order valence-electron chi connectivity index (χ4n) is 2.92. The molecule has 3 N–H and O–H groups in total. The van der Waals surface area contributed by atoms with Crippen molar-refractivity contribution in [2.75, 3.05) is 6.54 Å². The number of benzene rings is 1. The minimum atomic E-state index is -0.487. The molecule has 0 saturated carbocycles. The Hall–Kier alpha value is -1.30. The van der Waals surface area contributed by atoms with E-state index in [1.807, 2.05) is 56.7 Å². The number of fused-ring (bicyclic) bond motifs is 1. The van der Waals surface area contributed by atoms with Crippen molar-refractivity contribution in [1.82, 2.24) is 14.9 Å². The van der Waals surface area contributed by atoms with Gasteiger partial charge in [0.25, 0.3) is 0 Å². The van der Waals surface area contributed by atoms with Gasteiger partial charge >= 0.3 is 0 Å². The highest BCUT2D eigenvalue weighted by Gasteiger charge is 2.34. The van der Waals surface area contributed by atoms with Crippen molar-refractivity contribution in [1.29, 1.82) is 0 Å². The zero-order chi connectivity index (χ0) is 16.3. The lowest BCUT2D eigenvalue weighted by Gasteiger charge is -2.30. The second-order valence-corrected chi connectivity index (χ2v) is 5.90. The molecule has 2 rings (SSSR count). The van der Waals surface area contributed by atoms with Crippen molar-refractivity contribution >= 4 is 41.8 Å². The molecule has 1 aromatic heterocycles. The number of rotatable bonds is 6. The van der Waals surface area contributed by atoms with Gasteiger partial charge in [0.1, 0.15) is 5.82 Å². The summed E-state index contributed by atoms with van der Waals surface area (Å²) in [6.45, 7) is 6.35. The Labute approximate surface area is 156 Å². The molecule has 0 bridgehead atoms. The molecule has 1 aromatic carbocycles. The van der Waals surface area contributed by atoms with Gasteiger partial charge in [-0.15, -0.1) is 24.8 Å². The molecule has 0 fully saturated rings. The fraction of sp³-hybridized carbons (Fsp3) is 0.529. The second-order valence-electron chi connectivity index (χ2n) is 5.90. The molecule has 136 valence electrons. The van der Waals surface area contributed by atoms with Crippen molar-refractivity contribution in [3.63, 3.8) is 0 Å². The first kappa shape index (κ1) is 22.7. The Balaban J connectivity index is 0.00000264. The van der Waals surface area contributed by atoms with Gasteiger partial charge in [0.05, 0.1) is 22.5 Å². The molecular weight excluding hydrogens is 347 g/mol. The summed E-state index contributed by atoms with van der Waals surface area (Å²) >= 11 is 0. The highest BCUT2D eigenvalue weighted by Crippen LogP contribution is 2.27. The lowest BCUT2D eigenvalue weighted by molar-refractivity contribution is -0.131. The van der Waals surface area contributed by atoms with Crippen LogP contribution in [0.2, 0.25) is 0 Å². The summed E-state index contributed by atoms with van der Waals surface area (Å²) in [5, 5.41) is 3.09. The lowest BCUT2D eigenvalue weighted by atomic mass is 9.81. The third-order valence-corrected chi connectivity index (χ3v) is 4.78. The number of nitrogens with zero attached hydrogens (tertiary/aromatic N) is 2. The summed E-state index contributed by atoms with van der Waals surface area (Å²) in [4.78, 5) is 17.3. The van der Waals surface area contributed by atoms with Crippen LogP contribution in [0.15, 0.2) is 24.3 Å². The van der Waals surface area contributed by atoms with E-state index in [2.05, 4.69) is 10.3 Å². The van der Waals surface area contributed by atoms with Crippen LogP contribution in [0.25, 0.3) is 11.0 Å². The van der Waals surface area contributed by atoms with Crippen molar-refractivity contribution < 1.29 is 4.79 Å². The predicted octanol–water partition coefficient (Wildman–Crippen LogP) is 3.36. The van der Waals surface area contributed by atoms with E-state index in [9.17, 15) is 4.79 Å². The van der Waals surface area contributed by atoms with E-state index in [-0.39, 0.29) is 36.8 Å². The minimum Gasteiger partial charge on any atom is -0.346 e. The highest BCUT2D eigenvalue weighted by molar-refractivity contribution is 5.85. The molecule has 0 saturated heterocycles. The van der Waals surface area contributed by atoms with Crippen LogP contribution in [0.1, 0.15) is 45.5 Å². The molecule has 1 atom stereocenters. The number of halogens is 2. The number of amides is 1. The van der Waals surface area contributed by atoms with E-state index in [1.165, 1.54) is 0 Å². The van der Waals surface area contributed by atoms with Gasteiger partial charge < -0.3 is 15.6 Å². The summed E-state index contributed by atoms with van der Waals surface area (Å²) in [6, 6.07) is 7.81. The number of carbonyl (C=O) groups is 1. The molecule has 5 nitrogen and oxygen atoms in total. The van der Waals surface area contributed by atoms with Crippen LogP contribution < -0.4 is 11.1 Å². The summed E-state index contributed by atoms with van der Waals surface area (Å²) in [5.74, 6) is 0.868. The zero-order valence-electron chi connectivity index (χ0n) is 14.7. The van der Waals surface area contributed by atoms with Gasteiger partial charge in [0.15, 0.2) is 0 Å². The monoisotopic (exact) mass is 374 g/mol. The molecule has 24 heavy (non-hydrogen) atoms. The van der Waals surface area contributed by atoms with Gasteiger partial charge in [-0.05, 0) is 31.9 Å². The Kier molecular flexibility index (Phi) is 8.75. The normalized spacial score (nSPS) is 12.2. The molecule has 1 unspecified atom stereocenters. The summed E-state index contributed by atoms with van der Waals surface area (Å²) < 4.78 is 2.03. The average Bonchev–Trinajstić information content (AvgIpc) is 2.87. The number of para-hydroxylation sites is 2. The minimum absolute atomic E-state index is 0. The van der Waals surface area contributed by atoms with E-state index in [0.717, 1.165) is 29.7 Å². The summed E-state index contributed by atoms with van der Waals surface area (Å²) in [7, 11) is 1.98. The number of aryl methyl sites for hydroxylation is 1. The molecule has 0 spiro atoms. The molecule has 1 heterocycles. The fourth-order valence-corrected chi connectivity index (χ4v) is 2.92. The second kappa shape index (κ2) is 9.25. The van der Waals surface area contributed by atoms with Crippen LogP contribution >= 0.6 is 24.8 Å². The Bertz CT molecular complexity index is 659. The van der Waals surface area contributed by atoms with E-state index in [4.69, 9.17) is 5.73 Å². The third-order valence-electron chi connectivity index (χ3n) is 4.78. The van der Waals surface area contributed by atoms with Crippen molar-refractivity contribution in [2.24, 2.45) is 18.2 Å². The van der Waals surface area contributed by atoms with Gasteiger partial charge in [0, 0.05) is 13.6 Å².